The van der Waals surface area contributed by atoms with E-state index in [1.54, 1.807) is 50.2 Å². The molecule has 0 atom stereocenters. The topological polar surface area (TPSA) is 112 Å². The first-order chi connectivity index (χ1) is 16.9. The lowest BCUT2D eigenvalue weighted by atomic mass is 10.1. The highest BCUT2D eigenvalue weighted by molar-refractivity contribution is 7.16. The zero-order valence-electron chi connectivity index (χ0n) is 19.5. The summed E-state index contributed by atoms with van der Waals surface area (Å²) in [6, 6.07) is 18.1. The van der Waals surface area contributed by atoms with Crippen molar-refractivity contribution < 1.29 is 19.1 Å². The number of nitriles is 2. The third-order valence-electron chi connectivity index (χ3n) is 5.14. The van der Waals surface area contributed by atoms with Crippen LogP contribution < -0.4 is 10.1 Å². The predicted molar refractivity (Wildman–Crippen MR) is 134 cm³/mol. The molecular formula is C27H23N3O4S. The number of nitrogens with one attached hydrogen (secondary N) is 1. The van der Waals surface area contributed by atoms with Crippen LogP contribution in [-0.2, 0) is 16.1 Å². The molecule has 0 aliphatic rings. The molecule has 1 aromatic heterocycles. The monoisotopic (exact) mass is 485 g/mol. The number of nitrogens with zero attached hydrogens (tertiary/aromatic N) is 2. The smallest absolute Gasteiger partial charge is 0.341 e. The summed E-state index contributed by atoms with van der Waals surface area (Å²) in [6.07, 6.45) is 1.47. The van der Waals surface area contributed by atoms with Crippen molar-refractivity contribution in [2.75, 3.05) is 11.9 Å². The molecule has 0 fully saturated rings. The molecule has 0 spiro atoms. The molecule has 0 saturated heterocycles. The molecule has 0 radical (unpaired) electrons. The van der Waals surface area contributed by atoms with Crippen molar-refractivity contribution in [2.24, 2.45) is 0 Å². The van der Waals surface area contributed by atoms with Crippen LogP contribution in [0.2, 0.25) is 0 Å². The summed E-state index contributed by atoms with van der Waals surface area (Å²) in [4.78, 5) is 26.0. The van der Waals surface area contributed by atoms with Crippen LogP contribution in [0.15, 0.2) is 54.1 Å². The van der Waals surface area contributed by atoms with Crippen molar-refractivity contribution >= 4 is 34.3 Å². The number of hydrogen-bond acceptors (Lipinski definition) is 7. The number of aryl methyl sites for hydroxylation is 1. The Bertz CT molecular complexity index is 1340. The second-order valence-electron chi connectivity index (χ2n) is 7.50. The van der Waals surface area contributed by atoms with E-state index in [9.17, 15) is 14.9 Å². The molecule has 7 nitrogen and oxygen atoms in total. The molecule has 0 saturated carbocycles. The number of thiophene rings is 1. The minimum Gasteiger partial charge on any atom is -0.489 e. The van der Waals surface area contributed by atoms with Crippen molar-refractivity contribution in [2.45, 2.75) is 27.4 Å². The minimum atomic E-state index is -0.611. The number of ether oxygens (including phenoxy) is 2. The van der Waals surface area contributed by atoms with Crippen LogP contribution in [0.3, 0.4) is 0 Å². The summed E-state index contributed by atoms with van der Waals surface area (Å²) in [5.41, 5.74) is 3.11. The average Bonchev–Trinajstić information content (AvgIpc) is 3.14. The maximum absolute atomic E-state index is 12.8. The fourth-order valence-corrected chi connectivity index (χ4v) is 4.20. The van der Waals surface area contributed by atoms with E-state index < -0.39 is 11.9 Å². The summed E-state index contributed by atoms with van der Waals surface area (Å²) < 4.78 is 10.9. The molecule has 0 aliphatic carbocycles. The lowest BCUT2D eigenvalue weighted by Crippen LogP contribution is -2.16. The Kier molecular flexibility index (Phi) is 8.39. The Balaban J connectivity index is 1.70. The van der Waals surface area contributed by atoms with Gasteiger partial charge >= 0.3 is 5.97 Å². The van der Waals surface area contributed by atoms with E-state index in [-0.39, 0.29) is 12.2 Å². The Morgan fingerprint density at radius 3 is 2.34 bits per heavy atom. The van der Waals surface area contributed by atoms with E-state index in [0.717, 1.165) is 16.0 Å². The van der Waals surface area contributed by atoms with Crippen molar-refractivity contribution in [3.63, 3.8) is 0 Å². The predicted octanol–water partition coefficient (Wildman–Crippen LogP) is 5.54. The number of esters is 1. The van der Waals surface area contributed by atoms with Crippen LogP contribution in [0.25, 0.3) is 6.08 Å². The van der Waals surface area contributed by atoms with E-state index >= 15 is 0 Å². The van der Waals surface area contributed by atoms with Gasteiger partial charge in [0.05, 0.1) is 23.8 Å². The highest BCUT2D eigenvalue weighted by atomic mass is 32.1. The number of anilines is 1. The van der Waals surface area contributed by atoms with Gasteiger partial charge in [0.2, 0.25) is 0 Å². The molecule has 0 unspecified atom stereocenters. The van der Waals surface area contributed by atoms with Crippen LogP contribution in [0.1, 0.15) is 44.4 Å². The zero-order chi connectivity index (χ0) is 25.4. The molecule has 2 aromatic carbocycles. The van der Waals surface area contributed by atoms with Gasteiger partial charge in [-0.1, -0.05) is 24.3 Å². The third-order valence-corrected chi connectivity index (χ3v) is 6.26. The molecule has 35 heavy (non-hydrogen) atoms. The molecule has 8 heteroatoms. The summed E-state index contributed by atoms with van der Waals surface area (Å²) in [5, 5.41) is 21.5. The Hall–Kier alpha value is -4.40. The van der Waals surface area contributed by atoms with Crippen LogP contribution in [0.4, 0.5) is 5.00 Å². The molecule has 176 valence electrons. The number of hydrogen-bond donors (Lipinski definition) is 1. The number of benzene rings is 2. The van der Waals surface area contributed by atoms with Gasteiger partial charge in [0.25, 0.3) is 5.91 Å². The summed E-state index contributed by atoms with van der Waals surface area (Å²) in [7, 11) is 0. The first-order valence-electron chi connectivity index (χ1n) is 10.8. The van der Waals surface area contributed by atoms with Gasteiger partial charge in [0.1, 0.15) is 29.0 Å². The van der Waals surface area contributed by atoms with Gasteiger partial charge in [-0.2, -0.15) is 10.5 Å². The fraction of sp³-hybridized carbons (Fsp3) is 0.185. The average molecular weight is 486 g/mol. The molecule has 0 aliphatic heterocycles. The number of carbonyl (C=O) groups excluding carboxylic acids is 2. The molecule has 1 amide bonds. The maximum Gasteiger partial charge on any atom is 0.341 e. The van der Waals surface area contributed by atoms with E-state index in [1.165, 1.54) is 17.4 Å². The maximum atomic E-state index is 12.8. The van der Waals surface area contributed by atoms with E-state index in [4.69, 9.17) is 14.7 Å². The van der Waals surface area contributed by atoms with Crippen LogP contribution in [-0.4, -0.2) is 18.5 Å². The highest BCUT2D eigenvalue weighted by Gasteiger charge is 2.23. The lowest BCUT2D eigenvalue weighted by Gasteiger charge is -2.08. The van der Waals surface area contributed by atoms with Gasteiger partial charge in [0, 0.05) is 4.88 Å². The van der Waals surface area contributed by atoms with Crippen LogP contribution in [0.5, 0.6) is 5.75 Å². The van der Waals surface area contributed by atoms with Crippen molar-refractivity contribution in [3.8, 4) is 17.9 Å². The standard InChI is InChI=1S/C27H23N3O4S/c1-4-33-27(32)24-17(2)18(3)35-26(24)30-25(31)22(15-29)13-19-9-11-23(12-10-19)34-16-21-7-5-20(14-28)6-8-21/h5-13H,4,16H2,1-3H3,(H,30,31)/b22-13+. The summed E-state index contributed by atoms with van der Waals surface area (Å²) in [6.45, 7) is 5.92. The van der Waals surface area contributed by atoms with E-state index in [2.05, 4.69) is 11.4 Å². The quantitative estimate of drug-likeness (QED) is 0.255. The lowest BCUT2D eigenvalue weighted by molar-refractivity contribution is -0.112. The molecule has 1 N–H and O–H groups in total. The summed E-state index contributed by atoms with van der Waals surface area (Å²) in [5.74, 6) is -0.498. The molecule has 0 bridgehead atoms. The Labute approximate surface area is 207 Å². The van der Waals surface area contributed by atoms with Crippen LogP contribution >= 0.6 is 11.3 Å². The first-order valence-corrected chi connectivity index (χ1v) is 11.6. The molecule has 3 aromatic rings. The SMILES string of the molecule is CCOC(=O)c1c(NC(=O)/C(C#N)=C/c2ccc(OCc3ccc(C#N)cc3)cc2)sc(C)c1C. The summed E-state index contributed by atoms with van der Waals surface area (Å²) >= 11 is 1.26. The van der Waals surface area contributed by atoms with Crippen molar-refractivity contribution in [3.05, 3.63) is 86.8 Å². The van der Waals surface area contributed by atoms with Crippen molar-refractivity contribution in [1.82, 2.24) is 0 Å². The highest BCUT2D eigenvalue weighted by Crippen LogP contribution is 2.33. The Morgan fingerprint density at radius 2 is 1.74 bits per heavy atom. The van der Waals surface area contributed by atoms with Gasteiger partial charge in [-0.3, -0.25) is 4.79 Å². The number of rotatable bonds is 8. The number of amides is 1. The normalized spacial score (nSPS) is 10.7. The van der Waals surface area contributed by atoms with Gasteiger partial charge in [-0.25, -0.2) is 4.79 Å². The largest absolute Gasteiger partial charge is 0.489 e. The second kappa shape index (κ2) is 11.6. The van der Waals surface area contributed by atoms with Gasteiger partial charge < -0.3 is 14.8 Å². The van der Waals surface area contributed by atoms with Crippen molar-refractivity contribution in [1.29, 1.82) is 10.5 Å². The van der Waals surface area contributed by atoms with Gasteiger partial charge in [-0.05, 0) is 67.8 Å². The minimum absolute atomic E-state index is 0.102. The zero-order valence-corrected chi connectivity index (χ0v) is 20.4. The van der Waals surface area contributed by atoms with E-state index in [1.807, 2.05) is 25.1 Å². The van der Waals surface area contributed by atoms with Gasteiger partial charge in [-0.15, -0.1) is 11.3 Å². The van der Waals surface area contributed by atoms with Gasteiger partial charge in [0.15, 0.2) is 0 Å². The fourth-order valence-electron chi connectivity index (χ4n) is 3.15. The molecule has 1 heterocycles. The van der Waals surface area contributed by atoms with E-state index in [0.29, 0.717) is 34.0 Å². The Morgan fingerprint density at radius 1 is 1.06 bits per heavy atom. The molecule has 3 rings (SSSR count). The first kappa shape index (κ1) is 25.2. The third kappa shape index (κ3) is 6.35. The molecular weight excluding hydrogens is 462 g/mol. The number of carbonyl (C=O) groups is 2. The second-order valence-corrected chi connectivity index (χ2v) is 8.72. The van der Waals surface area contributed by atoms with Crippen LogP contribution in [0, 0.1) is 36.5 Å².